The lowest BCUT2D eigenvalue weighted by molar-refractivity contribution is 0.0919. The van der Waals surface area contributed by atoms with E-state index in [0.29, 0.717) is 0 Å². The molecule has 0 saturated carbocycles. The van der Waals surface area contributed by atoms with Gasteiger partial charge in [0.25, 0.3) is 0 Å². The number of hydrogen-bond acceptors (Lipinski definition) is 2. The average molecular weight is 236 g/mol. The molecule has 2 bridgehead atoms. The third-order valence-corrected chi connectivity index (χ3v) is 5.59. The fraction of sp³-hybridized carbons (Fsp3) is 1.00. The lowest BCUT2D eigenvalue weighted by atomic mass is 9.89. The lowest BCUT2D eigenvalue weighted by Crippen LogP contribution is -2.44. The second-order valence-corrected chi connectivity index (χ2v) is 6.87. The molecule has 0 aromatic rings. The molecule has 2 nitrogen and oxygen atoms in total. The molecule has 3 aliphatic heterocycles. The fourth-order valence-electron chi connectivity index (χ4n) is 4.28. The Hall–Kier alpha value is -0.0800. The number of nitrogens with zero attached hydrogens (tertiary/aromatic N) is 2. The number of rotatable bonds is 2. The van der Waals surface area contributed by atoms with E-state index >= 15 is 0 Å². The monoisotopic (exact) mass is 236 g/mol. The molecule has 3 fully saturated rings. The molecule has 17 heavy (non-hydrogen) atoms. The van der Waals surface area contributed by atoms with Gasteiger partial charge in [0.2, 0.25) is 0 Å². The van der Waals surface area contributed by atoms with Gasteiger partial charge in [0.15, 0.2) is 0 Å². The predicted molar refractivity (Wildman–Crippen MR) is 72.1 cm³/mol. The van der Waals surface area contributed by atoms with Crippen molar-refractivity contribution in [3.8, 4) is 0 Å². The highest BCUT2D eigenvalue weighted by Gasteiger charge is 2.38. The molecule has 0 radical (unpaired) electrons. The van der Waals surface area contributed by atoms with E-state index in [-0.39, 0.29) is 0 Å². The van der Waals surface area contributed by atoms with Gasteiger partial charge in [-0.2, -0.15) is 0 Å². The summed E-state index contributed by atoms with van der Waals surface area (Å²) in [5.74, 6) is 1.97. The molecule has 0 aliphatic carbocycles. The van der Waals surface area contributed by atoms with Gasteiger partial charge in [0.1, 0.15) is 0 Å². The summed E-state index contributed by atoms with van der Waals surface area (Å²) in [7, 11) is 2.35. The molecule has 0 N–H and O–H groups in total. The Morgan fingerprint density at radius 1 is 0.941 bits per heavy atom. The Morgan fingerprint density at radius 3 is 2.12 bits per heavy atom. The zero-order valence-corrected chi connectivity index (χ0v) is 11.6. The van der Waals surface area contributed by atoms with Crippen molar-refractivity contribution in [3.63, 3.8) is 0 Å². The predicted octanol–water partition coefficient (Wildman–Crippen LogP) is 2.59. The second-order valence-electron chi connectivity index (χ2n) is 6.87. The second kappa shape index (κ2) is 4.89. The molecule has 0 spiro atoms. The fourth-order valence-corrected chi connectivity index (χ4v) is 4.28. The van der Waals surface area contributed by atoms with Crippen LogP contribution in [0, 0.1) is 11.8 Å². The van der Waals surface area contributed by atoms with Crippen LogP contribution in [0.15, 0.2) is 0 Å². The molecular formula is C15H28N2. The first-order valence-electron chi connectivity index (χ1n) is 7.66. The largest absolute Gasteiger partial charge is 0.303 e. The molecule has 98 valence electrons. The molecule has 3 aliphatic rings. The summed E-state index contributed by atoms with van der Waals surface area (Å²) < 4.78 is 0. The van der Waals surface area contributed by atoms with Gasteiger partial charge in [-0.15, -0.1) is 0 Å². The highest BCUT2D eigenvalue weighted by Crippen LogP contribution is 2.37. The normalized spacial score (nSPS) is 40.9. The lowest BCUT2D eigenvalue weighted by Gasteiger charge is -2.40. The van der Waals surface area contributed by atoms with E-state index in [9.17, 15) is 0 Å². The van der Waals surface area contributed by atoms with Crippen molar-refractivity contribution in [2.45, 2.75) is 57.5 Å². The number of piperidine rings is 2. The first-order chi connectivity index (χ1) is 8.22. The van der Waals surface area contributed by atoms with Crippen LogP contribution in [0.3, 0.4) is 0 Å². The van der Waals surface area contributed by atoms with Crippen molar-refractivity contribution in [1.82, 2.24) is 9.80 Å². The SMILES string of the molecule is CC1CCN(C[C@@H]2C[C@H]3CC[C@@H](C2)N3C)CC1. The van der Waals surface area contributed by atoms with Gasteiger partial charge in [-0.05, 0) is 70.5 Å². The molecular weight excluding hydrogens is 208 g/mol. The van der Waals surface area contributed by atoms with Crippen LogP contribution in [-0.4, -0.2) is 48.6 Å². The van der Waals surface area contributed by atoms with E-state index < -0.39 is 0 Å². The van der Waals surface area contributed by atoms with Crippen molar-refractivity contribution in [3.05, 3.63) is 0 Å². The maximum absolute atomic E-state index is 2.75. The molecule has 0 unspecified atom stereocenters. The smallest absolute Gasteiger partial charge is 0.00988 e. The minimum atomic E-state index is 0.919. The van der Waals surface area contributed by atoms with Gasteiger partial charge in [-0.25, -0.2) is 0 Å². The molecule has 3 rings (SSSR count). The molecule has 3 atom stereocenters. The first-order valence-corrected chi connectivity index (χ1v) is 7.66. The molecule has 2 heteroatoms. The summed E-state index contributed by atoms with van der Waals surface area (Å²) in [5, 5.41) is 0. The van der Waals surface area contributed by atoms with Crippen LogP contribution in [0.4, 0.5) is 0 Å². The summed E-state index contributed by atoms with van der Waals surface area (Å²) in [6.45, 7) is 6.53. The molecule has 0 aromatic carbocycles. The summed E-state index contributed by atoms with van der Waals surface area (Å²) in [4.78, 5) is 5.41. The Labute approximate surface area is 106 Å². The first kappa shape index (κ1) is 12.0. The molecule has 0 amide bonds. The van der Waals surface area contributed by atoms with Gasteiger partial charge in [0, 0.05) is 18.6 Å². The number of likely N-dealkylation sites (tertiary alicyclic amines) is 1. The summed E-state index contributed by atoms with van der Waals surface area (Å²) in [6, 6.07) is 1.84. The van der Waals surface area contributed by atoms with Crippen LogP contribution in [0.2, 0.25) is 0 Å². The van der Waals surface area contributed by atoms with Crippen LogP contribution in [0.1, 0.15) is 45.4 Å². The van der Waals surface area contributed by atoms with Gasteiger partial charge in [-0.3, -0.25) is 0 Å². The summed E-state index contributed by atoms with van der Waals surface area (Å²) >= 11 is 0. The highest BCUT2D eigenvalue weighted by molar-refractivity contribution is 4.94. The van der Waals surface area contributed by atoms with Crippen LogP contribution < -0.4 is 0 Å². The topological polar surface area (TPSA) is 6.48 Å². The van der Waals surface area contributed by atoms with Crippen LogP contribution in [-0.2, 0) is 0 Å². The minimum Gasteiger partial charge on any atom is -0.303 e. The highest BCUT2D eigenvalue weighted by atomic mass is 15.2. The average Bonchev–Trinajstić information content (AvgIpc) is 2.55. The maximum Gasteiger partial charge on any atom is 0.00988 e. The van der Waals surface area contributed by atoms with Gasteiger partial charge in [-0.1, -0.05) is 6.92 Å². The van der Waals surface area contributed by atoms with E-state index in [0.717, 1.165) is 23.9 Å². The summed E-state index contributed by atoms with van der Waals surface area (Å²) in [5.41, 5.74) is 0. The number of hydrogen-bond donors (Lipinski definition) is 0. The minimum absolute atomic E-state index is 0.919. The van der Waals surface area contributed by atoms with Crippen LogP contribution in [0.25, 0.3) is 0 Å². The van der Waals surface area contributed by atoms with E-state index in [1.165, 1.54) is 58.2 Å². The van der Waals surface area contributed by atoms with E-state index in [1.54, 1.807) is 0 Å². The Kier molecular flexibility index (Phi) is 3.45. The van der Waals surface area contributed by atoms with Crippen molar-refractivity contribution in [2.75, 3.05) is 26.7 Å². The van der Waals surface area contributed by atoms with Gasteiger partial charge >= 0.3 is 0 Å². The Morgan fingerprint density at radius 2 is 1.53 bits per heavy atom. The molecule has 3 saturated heterocycles. The van der Waals surface area contributed by atoms with Gasteiger partial charge < -0.3 is 9.80 Å². The molecule has 0 aromatic heterocycles. The van der Waals surface area contributed by atoms with Crippen LogP contribution in [0.5, 0.6) is 0 Å². The number of fused-ring (bicyclic) bond motifs is 2. The summed E-state index contributed by atoms with van der Waals surface area (Å²) in [6.07, 6.45) is 8.74. The Bertz CT molecular complexity index is 244. The van der Waals surface area contributed by atoms with Crippen molar-refractivity contribution >= 4 is 0 Å². The zero-order valence-electron chi connectivity index (χ0n) is 11.6. The van der Waals surface area contributed by atoms with Crippen molar-refractivity contribution in [1.29, 1.82) is 0 Å². The van der Waals surface area contributed by atoms with E-state index in [4.69, 9.17) is 0 Å². The van der Waals surface area contributed by atoms with E-state index in [1.807, 2.05) is 0 Å². The van der Waals surface area contributed by atoms with Crippen LogP contribution >= 0.6 is 0 Å². The van der Waals surface area contributed by atoms with Crippen molar-refractivity contribution < 1.29 is 0 Å². The Balaban J connectivity index is 1.50. The van der Waals surface area contributed by atoms with Gasteiger partial charge in [0.05, 0.1) is 0 Å². The standard InChI is InChI=1S/C15H28N2/c1-12-5-7-17(8-6-12)11-13-9-14-3-4-15(10-13)16(14)2/h12-15H,3-11H2,1-2H3/t13-,14-,15+. The van der Waals surface area contributed by atoms with Crippen molar-refractivity contribution in [2.24, 2.45) is 11.8 Å². The molecule has 3 heterocycles. The van der Waals surface area contributed by atoms with E-state index in [2.05, 4.69) is 23.8 Å². The maximum atomic E-state index is 2.75. The zero-order chi connectivity index (χ0) is 11.8. The third kappa shape index (κ3) is 2.53. The quantitative estimate of drug-likeness (QED) is 0.727. The third-order valence-electron chi connectivity index (χ3n) is 5.59.